The van der Waals surface area contributed by atoms with E-state index in [9.17, 15) is 0 Å². The van der Waals surface area contributed by atoms with Crippen molar-refractivity contribution in [3.63, 3.8) is 0 Å². The first-order chi connectivity index (χ1) is 2.89. The van der Waals surface area contributed by atoms with Gasteiger partial charge in [0.2, 0.25) is 0 Å². The Hall–Kier alpha value is -0.500. The van der Waals surface area contributed by atoms with E-state index in [0.29, 0.717) is 0 Å². The van der Waals surface area contributed by atoms with Gasteiger partial charge in [-0.3, -0.25) is 0 Å². The maximum Gasteiger partial charge on any atom is 1.00 e. The minimum Gasteiger partial charge on any atom is -0.341 e. The van der Waals surface area contributed by atoms with Crippen molar-refractivity contribution in [2.24, 2.45) is 7.05 Å². The highest BCUT2D eigenvalue weighted by molar-refractivity contribution is 5.85. The number of rotatable bonds is 0. The average Bonchev–Trinajstić information content (AvgIpc) is 1.86. The van der Waals surface area contributed by atoms with Crippen molar-refractivity contribution in [1.82, 2.24) is 9.55 Å². The van der Waals surface area contributed by atoms with Gasteiger partial charge in [-0.15, -0.1) is 12.4 Å². The molecule has 0 amide bonds. The number of imidazole rings is 1. The van der Waals surface area contributed by atoms with Gasteiger partial charge in [0.25, 0.3) is 0 Å². The van der Waals surface area contributed by atoms with Crippen molar-refractivity contribution < 1.29 is 1.43 Å². The lowest BCUT2D eigenvalue weighted by Gasteiger charge is -1.76. The van der Waals surface area contributed by atoms with Gasteiger partial charge in [-0.05, 0) is 0 Å². The van der Waals surface area contributed by atoms with E-state index in [1.807, 2.05) is 17.8 Å². The monoisotopic (exact) mass is 119 g/mol. The third kappa shape index (κ3) is 1.59. The highest BCUT2D eigenvalue weighted by atomic mass is 35.5. The highest BCUT2D eigenvalue weighted by Gasteiger charge is 1.69. The Labute approximate surface area is 50.1 Å². The quantitative estimate of drug-likeness (QED) is 0.497. The first kappa shape index (κ1) is 6.50. The Kier molecular flexibility index (Phi) is 2.45. The fourth-order valence-corrected chi connectivity index (χ4v) is 0.326. The molecule has 0 aromatic carbocycles. The van der Waals surface area contributed by atoms with Crippen molar-refractivity contribution in [2.45, 2.75) is 0 Å². The second kappa shape index (κ2) is 2.64. The Balaban J connectivity index is 0. The number of aromatic nitrogens is 2. The van der Waals surface area contributed by atoms with Crippen LogP contribution in [0.3, 0.4) is 0 Å². The highest BCUT2D eigenvalue weighted by Crippen LogP contribution is 1.73. The van der Waals surface area contributed by atoms with Gasteiger partial charge in [-0.25, -0.2) is 4.98 Å². The van der Waals surface area contributed by atoms with Crippen LogP contribution in [0.15, 0.2) is 18.7 Å². The van der Waals surface area contributed by atoms with Crippen LogP contribution >= 0.6 is 12.4 Å². The summed E-state index contributed by atoms with van der Waals surface area (Å²) >= 11 is 0. The summed E-state index contributed by atoms with van der Waals surface area (Å²) in [6, 6.07) is 0. The standard InChI is InChI=1S/C4H6N2.ClH/c1-6-3-2-5-4-6;/h2-4H,1H3;1H/p+1. The van der Waals surface area contributed by atoms with E-state index in [2.05, 4.69) is 4.98 Å². The summed E-state index contributed by atoms with van der Waals surface area (Å²) in [6.45, 7) is 0. The number of hydrogen-bond acceptors (Lipinski definition) is 1. The molecule has 0 saturated carbocycles. The third-order valence-corrected chi connectivity index (χ3v) is 0.637. The Morgan fingerprint density at radius 1 is 1.71 bits per heavy atom. The van der Waals surface area contributed by atoms with Crippen molar-refractivity contribution >= 4 is 12.4 Å². The predicted molar refractivity (Wildman–Crippen MR) is 31.6 cm³/mol. The molecule has 0 saturated heterocycles. The average molecular weight is 120 g/mol. The first-order valence-corrected chi connectivity index (χ1v) is 1.81. The fraction of sp³-hybridized carbons (Fsp3) is 0.250. The molecule has 0 atom stereocenters. The molecule has 1 aromatic rings. The summed E-state index contributed by atoms with van der Waals surface area (Å²) in [7, 11) is 1.94. The molecule has 1 aromatic heterocycles. The zero-order chi connectivity index (χ0) is 4.41. The minimum atomic E-state index is 0. The number of nitrogens with zero attached hydrogens (tertiary/aromatic N) is 2. The second-order valence-corrected chi connectivity index (χ2v) is 1.23. The Morgan fingerprint density at radius 3 is 2.57 bits per heavy atom. The van der Waals surface area contributed by atoms with Crippen molar-refractivity contribution in [3.05, 3.63) is 18.7 Å². The molecule has 0 aliphatic carbocycles. The van der Waals surface area contributed by atoms with Crippen LogP contribution in [-0.4, -0.2) is 9.55 Å². The summed E-state index contributed by atoms with van der Waals surface area (Å²) in [4.78, 5) is 3.78. The predicted octanol–water partition coefficient (Wildman–Crippen LogP) is 0.954. The van der Waals surface area contributed by atoms with E-state index in [0.717, 1.165) is 0 Å². The van der Waals surface area contributed by atoms with Crippen LogP contribution in [0, 0.1) is 0 Å². The lowest BCUT2D eigenvalue weighted by atomic mass is 10.9. The summed E-state index contributed by atoms with van der Waals surface area (Å²) in [5, 5.41) is 0. The van der Waals surface area contributed by atoms with Gasteiger partial charge in [0.15, 0.2) is 0 Å². The maximum absolute atomic E-state index is 3.78. The number of aryl methyl sites for hydroxylation is 1. The molecule has 0 spiro atoms. The van der Waals surface area contributed by atoms with E-state index < -0.39 is 0 Å². The van der Waals surface area contributed by atoms with E-state index in [4.69, 9.17) is 0 Å². The number of halogens is 1. The molecule has 0 N–H and O–H groups in total. The van der Waals surface area contributed by atoms with Crippen molar-refractivity contribution in [2.75, 3.05) is 0 Å². The summed E-state index contributed by atoms with van der Waals surface area (Å²) in [5.74, 6) is 0. The third-order valence-electron chi connectivity index (χ3n) is 0.637. The molecule has 0 radical (unpaired) electrons. The van der Waals surface area contributed by atoms with E-state index in [-0.39, 0.29) is 13.8 Å². The molecular weight excluding hydrogens is 112 g/mol. The lowest BCUT2D eigenvalue weighted by Crippen LogP contribution is -1.76. The zero-order valence-electron chi connectivity index (χ0n) is 5.03. The van der Waals surface area contributed by atoms with Gasteiger partial charge in [-0.2, -0.15) is 0 Å². The molecule has 0 fully saturated rings. The molecule has 0 unspecified atom stereocenters. The number of hydrogen-bond donors (Lipinski definition) is 0. The normalized spacial score (nSPS) is 7.57. The van der Waals surface area contributed by atoms with E-state index in [1.54, 1.807) is 12.5 Å². The molecule has 1 rings (SSSR count). The van der Waals surface area contributed by atoms with E-state index >= 15 is 0 Å². The molecule has 7 heavy (non-hydrogen) atoms. The van der Waals surface area contributed by atoms with Gasteiger partial charge in [0.1, 0.15) is 0 Å². The SMILES string of the molecule is Cl.Cn1ccnc1.[H+]. The molecule has 0 bridgehead atoms. The van der Waals surface area contributed by atoms with Gasteiger partial charge in [0, 0.05) is 19.4 Å². The lowest BCUT2D eigenvalue weighted by molar-refractivity contribution is 0.913. The largest absolute Gasteiger partial charge is 1.00 e. The van der Waals surface area contributed by atoms with Gasteiger partial charge in [-0.1, -0.05) is 0 Å². The van der Waals surface area contributed by atoms with Crippen LogP contribution in [0.4, 0.5) is 0 Å². The maximum atomic E-state index is 3.78. The smallest absolute Gasteiger partial charge is 0.341 e. The van der Waals surface area contributed by atoms with Crippen LogP contribution in [0.2, 0.25) is 0 Å². The molecule has 1 heterocycles. The molecular formula is C4H8ClN2+. The van der Waals surface area contributed by atoms with Crippen LogP contribution in [0.5, 0.6) is 0 Å². The summed E-state index contributed by atoms with van der Waals surface area (Å²) < 4.78 is 1.89. The van der Waals surface area contributed by atoms with Crippen LogP contribution in [0.25, 0.3) is 0 Å². The fourth-order valence-electron chi connectivity index (χ4n) is 0.326. The molecule has 0 aliphatic heterocycles. The minimum absolute atomic E-state index is 0. The molecule has 0 aliphatic rings. The van der Waals surface area contributed by atoms with Crippen molar-refractivity contribution in [1.29, 1.82) is 0 Å². The Bertz CT molecular complexity index is 118. The molecule has 2 nitrogen and oxygen atoms in total. The topological polar surface area (TPSA) is 17.8 Å². The van der Waals surface area contributed by atoms with Gasteiger partial charge in [0.05, 0.1) is 6.33 Å². The van der Waals surface area contributed by atoms with Gasteiger partial charge >= 0.3 is 1.43 Å². The van der Waals surface area contributed by atoms with E-state index in [1.165, 1.54) is 0 Å². The summed E-state index contributed by atoms with van der Waals surface area (Å²) in [5.41, 5.74) is 0. The first-order valence-electron chi connectivity index (χ1n) is 1.81. The second-order valence-electron chi connectivity index (χ2n) is 1.23. The summed E-state index contributed by atoms with van der Waals surface area (Å²) in [6.07, 6.45) is 5.39. The van der Waals surface area contributed by atoms with Crippen LogP contribution < -0.4 is 0 Å². The molecule has 3 heteroatoms. The van der Waals surface area contributed by atoms with Gasteiger partial charge < -0.3 is 4.57 Å². The zero-order valence-corrected chi connectivity index (χ0v) is 4.85. The molecule has 40 valence electrons. The van der Waals surface area contributed by atoms with Crippen molar-refractivity contribution in [3.8, 4) is 0 Å². The Morgan fingerprint density at radius 2 is 2.43 bits per heavy atom. The van der Waals surface area contributed by atoms with Crippen LogP contribution in [-0.2, 0) is 7.05 Å². The van der Waals surface area contributed by atoms with Crippen LogP contribution in [0.1, 0.15) is 1.43 Å².